The molecule has 1 heterocycles. The van der Waals surface area contributed by atoms with Crippen molar-refractivity contribution in [2.75, 3.05) is 19.0 Å². The number of thiazole rings is 1. The molecule has 1 aromatic carbocycles. The van der Waals surface area contributed by atoms with Gasteiger partial charge in [-0.1, -0.05) is 0 Å². The Kier molecular flexibility index (Phi) is 4.39. The molecule has 5 heteroatoms. The minimum atomic E-state index is -0.000218. The number of carbonyl (C=O) groups is 1. The molecule has 0 aliphatic carbocycles. The van der Waals surface area contributed by atoms with E-state index in [9.17, 15) is 4.79 Å². The number of anilines is 1. The van der Waals surface area contributed by atoms with Crippen molar-refractivity contribution < 1.29 is 9.53 Å². The summed E-state index contributed by atoms with van der Waals surface area (Å²) in [5.74, 6) is 0.606. The Morgan fingerprint density at radius 1 is 1.40 bits per heavy atom. The van der Waals surface area contributed by atoms with Crippen molar-refractivity contribution in [2.24, 2.45) is 0 Å². The molecule has 2 aromatic rings. The minimum absolute atomic E-state index is 0.000218. The van der Waals surface area contributed by atoms with E-state index in [4.69, 9.17) is 4.74 Å². The molecule has 106 valence electrons. The van der Waals surface area contributed by atoms with Crippen LogP contribution in [0, 0.1) is 6.92 Å². The number of aryl methyl sites for hydroxylation is 1. The smallest absolute Gasteiger partial charge is 0.163 e. The first-order chi connectivity index (χ1) is 9.47. The Morgan fingerprint density at radius 2 is 2.15 bits per heavy atom. The minimum Gasteiger partial charge on any atom is -0.486 e. The normalized spacial score (nSPS) is 10.4. The summed E-state index contributed by atoms with van der Waals surface area (Å²) in [5.41, 5.74) is 2.49. The third-order valence-corrected chi connectivity index (χ3v) is 3.73. The van der Waals surface area contributed by atoms with Gasteiger partial charge in [-0.15, -0.1) is 11.3 Å². The van der Waals surface area contributed by atoms with Crippen molar-refractivity contribution >= 4 is 22.8 Å². The summed E-state index contributed by atoms with van der Waals surface area (Å²) in [5, 5.41) is 2.98. The largest absolute Gasteiger partial charge is 0.486 e. The van der Waals surface area contributed by atoms with Gasteiger partial charge in [0.15, 0.2) is 5.78 Å². The highest BCUT2D eigenvalue weighted by Crippen LogP contribution is 2.26. The molecule has 20 heavy (non-hydrogen) atoms. The second kappa shape index (κ2) is 6.05. The summed E-state index contributed by atoms with van der Waals surface area (Å²) >= 11 is 1.59. The first kappa shape index (κ1) is 14.5. The lowest BCUT2D eigenvalue weighted by Gasteiger charge is -2.16. The van der Waals surface area contributed by atoms with Gasteiger partial charge in [-0.25, -0.2) is 4.98 Å². The summed E-state index contributed by atoms with van der Waals surface area (Å²) in [6, 6.07) is 5.60. The average molecular weight is 290 g/mol. The number of hydrogen-bond acceptors (Lipinski definition) is 5. The fourth-order valence-electron chi connectivity index (χ4n) is 1.83. The van der Waals surface area contributed by atoms with E-state index in [1.54, 1.807) is 24.3 Å². The van der Waals surface area contributed by atoms with Gasteiger partial charge in [-0.2, -0.15) is 0 Å². The standard InChI is InChI=1S/C15H18N2O2S/c1-10(18)14-6-5-13(17(3)4)7-15(14)19-8-12-9-20-11(2)16-12/h5-7,9H,8H2,1-4H3. The highest BCUT2D eigenvalue weighted by Gasteiger charge is 2.11. The van der Waals surface area contributed by atoms with E-state index in [2.05, 4.69) is 4.98 Å². The first-order valence-corrected chi connectivity index (χ1v) is 7.21. The summed E-state index contributed by atoms with van der Waals surface area (Å²) in [7, 11) is 3.91. The topological polar surface area (TPSA) is 42.4 Å². The number of Topliss-reactive ketones (excluding diaryl/α,β-unsaturated/α-hetero) is 1. The van der Waals surface area contributed by atoms with Gasteiger partial charge in [0.05, 0.1) is 16.3 Å². The molecule has 0 saturated heterocycles. The van der Waals surface area contributed by atoms with Gasteiger partial charge in [0.2, 0.25) is 0 Å². The summed E-state index contributed by atoms with van der Waals surface area (Å²) < 4.78 is 5.79. The maximum atomic E-state index is 11.7. The molecule has 0 unspecified atom stereocenters. The number of nitrogens with zero attached hydrogens (tertiary/aromatic N) is 2. The van der Waals surface area contributed by atoms with E-state index in [1.807, 2.05) is 43.4 Å². The summed E-state index contributed by atoms with van der Waals surface area (Å²) in [4.78, 5) is 18.0. The second-order valence-corrected chi connectivity index (χ2v) is 5.84. The Bertz CT molecular complexity index is 620. The van der Waals surface area contributed by atoms with Gasteiger partial charge in [0, 0.05) is 31.2 Å². The highest BCUT2D eigenvalue weighted by molar-refractivity contribution is 7.09. The van der Waals surface area contributed by atoms with Gasteiger partial charge in [0.25, 0.3) is 0 Å². The Balaban J connectivity index is 2.23. The number of benzene rings is 1. The fraction of sp³-hybridized carbons (Fsp3) is 0.333. The summed E-state index contributed by atoms with van der Waals surface area (Å²) in [6.07, 6.45) is 0. The summed E-state index contributed by atoms with van der Waals surface area (Å²) in [6.45, 7) is 3.88. The van der Waals surface area contributed by atoms with Crippen molar-refractivity contribution in [3.63, 3.8) is 0 Å². The van der Waals surface area contributed by atoms with Gasteiger partial charge >= 0.3 is 0 Å². The molecule has 0 fully saturated rings. The average Bonchev–Trinajstić information content (AvgIpc) is 2.81. The van der Waals surface area contributed by atoms with Gasteiger partial charge < -0.3 is 9.64 Å². The molecular formula is C15H18N2O2S. The number of ether oxygens (including phenoxy) is 1. The van der Waals surface area contributed by atoms with E-state index in [1.165, 1.54) is 0 Å². The molecule has 0 N–H and O–H groups in total. The van der Waals surface area contributed by atoms with E-state index >= 15 is 0 Å². The lowest BCUT2D eigenvalue weighted by Crippen LogP contribution is -2.10. The maximum Gasteiger partial charge on any atom is 0.163 e. The number of hydrogen-bond donors (Lipinski definition) is 0. The Hall–Kier alpha value is -1.88. The van der Waals surface area contributed by atoms with Crippen LogP contribution >= 0.6 is 11.3 Å². The molecule has 0 spiro atoms. The van der Waals surface area contributed by atoms with Crippen LogP contribution in [0.4, 0.5) is 5.69 Å². The van der Waals surface area contributed by atoms with Crippen LogP contribution in [-0.2, 0) is 6.61 Å². The van der Waals surface area contributed by atoms with Crippen LogP contribution in [0.3, 0.4) is 0 Å². The molecule has 1 aromatic heterocycles. The Morgan fingerprint density at radius 3 is 2.70 bits per heavy atom. The predicted octanol–water partition coefficient (Wildman–Crippen LogP) is 3.30. The van der Waals surface area contributed by atoms with Crippen LogP contribution in [0.5, 0.6) is 5.75 Å². The molecule has 0 amide bonds. The van der Waals surface area contributed by atoms with Crippen molar-refractivity contribution in [1.29, 1.82) is 0 Å². The second-order valence-electron chi connectivity index (χ2n) is 4.78. The van der Waals surface area contributed by atoms with Crippen LogP contribution in [0.2, 0.25) is 0 Å². The highest BCUT2D eigenvalue weighted by atomic mass is 32.1. The molecule has 2 rings (SSSR count). The Labute approximate surface area is 123 Å². The van der Waals surface area contributed by atoms with E-state index in [-0.39, 0.29) is 5.78 Å². The van der Waals surface area contributed by atoms with Crippen LogP contribution < -0.4 is 9.64 Å². The van der Waals surface area contributed by atoms with Crippen LogP contribution in [-0.4, -0.2) is 24.9 Å². The third kappa shape index (κ3) is 3.36. The number of rotatable bonds is 5. The SMILES string of the molecule is CC(=O)c1ccc(N(C)C)cc1OCc1csc(C)n1. The molecule has 0 radical (unpaired) electrons. The number of ketones is 1. The fourth-order valence-corrected chi connectivity index (χ4v) is 2.42. The lowest BCUT2D eigenvalue weighted by atomic mass is 10.1. The monoisotopic (exact) mass is 290 g/mol. The van der Waals surface area contributed by atoms with E-state index < -0.39 is 0 Å². The zero-order valence-electron chi connectivity index (χ0n) is 12.1. The van der Waals surface area contributed by atoms with Crippen LogP contribution in [0.1, 0.15) is 28.0 Å². The van der Waals surface area contributed by atoms with E-state index in [0.29, 0.717) is 17.9 Å². The van der Waals surface area contributed by atoms with Crippen molar-refractivity contribution in [2.45, 2.75) is 20.5 Å². The zero-order chi connectivity index (χ0) is 14.7. The van der Waals surface area contributed by atoms with Gasteiger partial charge in [0.1, 0.15) is 12.4 Å². The lowest BCUT2D eigenvalue weighted by molar-refractivity contribution is 0.101. The molecule has 0 aliphatic heterocycles. The van der Waals surface area contributed by atoms with Crippen LogP contribution in [0.15, 0.2) is 23.6 Å². The third-order valence-electron chi connectivity index (χ3n) is 2.90. The predicted molar refractivity (Wildman–Crippen MR) is 82.0 cm³/mol. The van der Waals surface area contributed by atoms with Crippen molar-refractivity contribution in [3.05, 3.63) is 39.8 Å². The molecule has 4 nitrogen and oxygen atoms in total. The van der Waals surface area contributed by atoms with Crippen LogP contribution in [0.25, 0.3) is 0 Å². The number of aromatic nitrogens is 1. The van der Waals surface area contributed by atoms with Gasteiger partial charge in [-0.05, 0) is 26.0 Å². The maximum absolute atomic E-state index is 11.7. The molecule has 0 saturated carbocycles. The molecule has 0 aliphatic rings. The van der Waals surface area contributed by atoms with Crippen molar-refractivity contribution in [3.8, 4) is 5.75 Å². The zero-order valence-corrected chi connectivity index (χ0v) is 13.0. The quantitative estimate of drug-likeness (QED) is 0.792. The number of carbonyl (C=O) groups excluding carboxylic acids is 1. The first-order valence-electron chi connectivity index (χ1n) is 6.33. The van der Waals surface area contributed by atoms with Gasteiger partial charge in [-0.3, -0.25) is 4.79 Å². The van der Waals surface area contributed by atoms with E-state index in [0.717, 1.165) is 16.4 Å². The molecular weight excluding hydrogens is 272 g/mol. The molecule has 0 bridgehead atoms. The molecule has 0 atom stereocenters. The van der Waals surface area contributed by atoms with Crippen molar-refractivity contribution in [1.82, 2.24) is 4.98 Å².